The Bertz CT molecular complexity index is 540. The molecule has 2 nitrogen and oxygen atoms in total. The SMILES string of the molecule is Cc1ccc(-c2ccc(CCCN3CCOCC3)s2)s1. The van der Waals surface area contributed by atoms with Gasteiger partial charge in [-0.05, 0) is 50.6 Å². The van der Waals surface area contributed by atoms with Gasteiger partial charge in [0.1, 0.15) is 0 Å². The molecule has 0 N–H and O–H groups in total. The molecule has 3 heterocycles. The molecule has 1 fully saturated rings. The van der Waals surface area contributed by atoms with Crippen molar-refractivity contribution in [2.75, 3.05) is 32.8 Å². The van der Waals surface area contributed by atoms with Crippen LogP contribution in [0.3, 0.4) is 0 Å². The number of thiophene rings is 2. The van der Waals surface area contributed by atoms with Crippen LogP contribution in [0, 0.1) is 6.92 Å². The molecule has 20 heavy (non-hydrogen) atoms. The van der Waals surface area contributed by atoms with Crippen LogP contribution in [0.4, 0.5) is 0 Å². The number of morpholine rings is 1. The van der Waals surface area contributed by atoms with E-state index in [2.05, 4.69) is 36.1 Å². The fraction of sp³-hybridized carbons (Fsp3) is 0.500. The number of nitrogens with zero attached hydrogens (tertiary/aromatic N) is 1. The largest absolute Gasteiger partial charge is 0.379 e. The van der Waals surface area contributed by atoms with Crippen LogP contribution in [-0.2, 0) is 11.2 Å². The summed E-state index contributed by atoms with van der Waals surface area (Å²) in [7, 11) is 0. The molecule has 0 radical (unpaired) electrons. The standard InChI is InChI=1S/C16H21NOS2/c1-13-4-6-15(19-13)16-7-5-14(20-16)3-2-8-17-9-11-18-12-10-17/h4-7H,2-3,8-12H2,1H3. The molecule has 1 aliphatic heterocycles. The highest BCUT2D eigenvalue weighted by Crippen LogP contribution is 2.33. The molecule has 0 unspecified atom stereocenters. The van der Waals surface area contributed by atoms with Gasteiger partial charge in [0.15, 0.2) is 0 Å². The predicted octanol–water partition coefficient (Wildman–Crippen LogP) is 4.05. The number of ether oxygens (including phenoxy) is 1. The first-order valence-electron chi connectivity index (χ1n) is 7.27. The molecular weight excluding hydrogens is 286 g/mol. The maximum absolute atomic E-state index is 5.38. The van der Waals surface area contributed by atoms with Crippen LogP contribution in [-0.4, -0.2) is 37.7 Å². The molecule has 2 aromatic heterocycles. The van der Waals surface area contributed by atoms with Crippen molar-refractivity contribution in [3.05, 3.63) is 34.0 Å². The minimum atomic E-state index is 0.904. The summed E-state index contributed by atoms with van der Waals surface area (Å²) in [6.45, 7) is 7.38. The van der Waals surface area contributed by atoms with Gasteiger partial charge in [-0.15, -0.1) is 22.7 Å². The van der Waals surface area contributed by atoms with Crippen LogP contribution >= 0.6 is 22.7 Å². The number of aryl methyl sites for hydroxylation is 2. The lowest BCUT2D eigenvalue weighted by atomic mass is 10.2. The average molecular weight is 307 g/mol. The fourth-order valence-corrected chi connectivity index (χ4v) is 4.52. The Kier molecular flexibility index (Phi) is 4.89. The van der Waals surface area contributed by atoms with Crippen LogP contribution < -0.4 is 0 Å². The summed E-state index contributed by atoms with van der Waals surface area (Å²) in [5.41, 5.74) is 0. The summed E-state index contributed by atoms with van der Waals surface area (Å²) in [4.78, 5) is 8.25. The number of hydrogen-bond donors (Lipinski definition) is 0. The Balaban J connectivity index is 1.50. The van der Waals surface area contributed by atoms with Gasteiger partial charge in [0.2, 0.25) is 0 Å². The molecule has 0 saturated carbocycles. The summed E-state index contributed by atoms with van der Waals surface area (Å²) < 4.78 is 5.38. The number of rotatable bonds is 5. The molecule has 0 amide bonds. The van der Waals surface area contributed by atoms with E-state index in [9.17, 15) is 0 Å². The van der Waals surface area contributed by atoms with Crippen LogP contribution in [0.5, 0.6) is 0 Å². The fourth-order valence-electron chi connectivity index (χ4n) is 2.51. The van der Waals surface area contributed by atoms with E-state index in [4.69, 9.17) is 4.74 Å². The van der Waals surface area contributed by atoms with Crippen molar-refractivity contribution in [2.45, 2.75) is 19.8 Å². The van der Waals surface area contributed by atoms with Crippen molar-refractivity contribution in [1.29, 1.82) is 0 Å². The first-order chi connectivity index (χ1) is 9.81. The molecule has 2 aromatic rings. The van der Waals surface area contributed by atoms with E-state index in [0.717, 1.165) is 26.3 Å². The van der Waals surface area contributed by atoms with Crippen LogP contribution in [0.25, 0.3) is 9.75 Å². The maximum Gasteiger partial charge on any atom is 0.0594 e. The van der Waals surface area contributed by atoms with Crippen molar-refractivity contribution < 1.29 is 4.74 Å². The Morgan fingerprint density at radius 3 is 2.55 bits per heavy atom. The average Bonchev–Trinajstić information content (AvgIpc) is 3.09. The second-order valence-electron chi connectivity index (χ2n) is 5.23. The minimum Gasteiger partial charge on any atom is -0.379 e. The highest BCUT2D eigenvalue weighted by Gasteiger charge is 2.10. The zero-order valence-corrected chi connectivity index (χ0v) is 13.6. The lowest BCUT2D eigenvalue weighted by molar-refractivity contribution is 0.0375. The van der Waals surface area contributed by atoms with E-state index in [0.29, 0.717) is 0 Å². The molecule has 0 atom stereocenters. The summed E-state index contributed by atoms with van der Waals surface area (Å²) in [6.07, 6.45) is 2.45. The van der Waals surface area contributed by atoms with Crippen molar-refractivity contribution in [3.8, 4) is 9.75 Å². The Hall–Kier alpha value is -0.680. The molecule has 1 aliphatic rings. The van der Waals surface area contributed by atoms with Gasteiger partial charge in [0.25, 0.3) is 0 Å². The molecule has 4 heteroatoms. The second-order valence-corrected chi connectivity index (χ2v) is 7.69. The highest BCUT2D eigenvalue weighted by atomic mass is 32.1. The third-order valence-electron chi connectivity index (χ3n) is 3.65. The van der Waals surface area contributed by atoms with Crippen molar-refractivity contribution in [3.63, 3.8) is 0 Å². The van der Waals surface area contributed by atoms with Crippen molar-refractivity contribution in [1.82, 2.24) is 4.90 Å². The third kappa shape index (κ3) is 3.70. The minimum absolute atomic E-state index is 0.904. The summed E-state index contributed by atoms with van der Waals surface area (Å²) in [5, 5.41) is 0. The molecule has 0 spiro atoms. The Morgan fingerprint density at radius 1 is 1.05 bits per heavy atom. The molecule has 0 bridgehead atoms. The van der Waals surface area contributed by atoms with E-state index in [1.165, 1.54) is 38.9 Å². The van der Waals surface area contributed by atoms with Gasteiger partial charge in [-0.2, -0.15) is 0 Å². The van der Waals surface area contributed by atoms with Crippen molar-refractivity contribution in [2.24, 2.45) is 0 Å². The molecule has 0 aromatic carbocycles. The number of hydrogen-bond acceptors (Lipinski definition) is 4. The van der Waals surface area contributed by atoms with Crippen LogP contribution in [0.1, 0.15) is 16.2 Å². The van der Waals surface area contributed by atoms with E-state index >= 15 is 0 Å². The van der Waals surface area contributed by atoms with Gasteiger partial charge in [-0.1, -0.05) is 0 Å². The van der Waals surface area contributed by atoms with Gasteiger partial charge in [-0.25, -0.2) is 0 Å². The predicted molar refractivity (Wildman–Crippen MR) is 87.9 cm³/mol. The van der Waals surface area contributed by atoms with E-state index in [-0.39, 0.29) is 0 Å². The maximum atomic E-state index is 5.38. The second kappa shape index (κ2) is 6.85. The van der Waals surface area contributed by atoms with Gasteiger partial charge in [0.05, 0.1) is 13.2 Å². The highest BCUT2D eigenvalue weighted by molar-refractivity contribution is 7.22. The molecule has 3 rings (SSSR count). The summed E-state index contributed by atoms with van der Waals surface area (Å²) in [5.74, 6) is 0. The normalized spacial score (nSPS) is 16.6. The van der Waals surface area contributed by atoms with Gasteiger partial charge >= 0.3 is 0 Å². The first kappa shape index (κ1) is 14.3. The molecule has 1 saturated heterocycles. The Morgan fingerprint density at radius 2 is 1.80 bits per heavy atom. The van der Waals surface area contributed by atoms with Gasteiger partial charge in [0, 0.05) is 32.6 Å². The lowest BCUT2D eigenvalue weighted by Crippen LogP contribution is -2.36. The topological polar surface area (TPSA) is 12.5 Å². The van der Waals surface area contributed by atoms with Crippen LogP contribution in [0.15, 0.2) is 24.3 Å². The third-order valence-corrected chi connectivity index (χ3v) is 5.99. The van der Waals surface area contributed by atoms with E-state index in [1.807, 2.05) is 22.7 Å². The summed E-state index contributed by atoms with van der Waals surface area (Å²) in [6, 6.07) is 9.02. The first-order valence-corrected chi connectivity index (χ1v) is 8.90. The monoisotopic (exact) mass is 307 g/mol. The van der Waals surface area contributed by atoms with E-state index in [1.54, 1.807) is 0 Å². The molecule has 108 valence electrons. The molecular formula is C16H21NOS2. The quantitative estimate of drug-likeness (QED) is 0.826. The van der Waals surface area contributed by atoms with Gasteiger partial charge in [-0.3, -0.25) is 4.90 Å². The van der Waals surface area contributed by atoms with E-state index < -0.39 is 0 Å². The lowest BCUT2D eigenvalue weighted by Gasteiger charge is -2.26. The van der Waals surface area contributed by atoms with Crippen molar-refractivity contribution >= 4 is 22.7 Å². The zero-order chi connectivity index (χ0) is 13.8. The molecule has 0 aliphatic carbocycles. The van der Waals surface area contributed by atoms with Crippen LogP contribution in [0.2, 0.25) is 0 Å². The van der Waals surface area contributed by atoms with Gasteiger partial charge < -0.3 is 4.74 Å². The smallest absolute Gasteiger partial charge is 0.0594 e. The zero-order valence-electron chi connectivity index (χ0n) is 11.9. The summed E-state index contributed by atoms with van der Waals surface area (Å²) >= 11 is 3.84. The Labute approximate surface area is 129 Å².